The first-order valence-electron chi connectivity index (χ1n) is 7.24. The van der Waals surface area contributed by atoms with Crippen LogP contribution in [0.1, 0.15) is 39.0 Å². The van der Waals surface area contributed by atoms with Crippen molar-refractivity contribution in [3.63, 3.8) is 0 Å². The molecule has 1 saturated carbocycles. The van der Waals surface area contributed by atoms with Crippen LogP contribution in [0.4, 0.5) is 11.8 Å². The highest BCUT2D eigenvalue weighted by molar-refractivity contribution is 7.17. The fraction of sp³-hybridized carbons (Fsp3) is 0.571. The minimum atomic E-state index is 0.473. The van der Waals surface area contributed by atoms with Crippen LogP contribution in [0.15, 0.2) is 11.4 Å². The van der Waals surface area contributed by atoms with Gasteiger partial charge in [0.05, 0.1) is 10.2 Å². The van der Waals surface area contributed by atoms with Crippen LogP contribution >= 0.6 is 11.3 Å². The first kappa shape index (κ1) is 13.6. The number of hydrogen-bond acceptors (Lipinski definition) is 6. The van der Waals surface area contributed by atoms with E-state index in [1.165, 1.54) is 32.1 Å². The Balaban J connectivity index is 1.84. The molecule has 5 nitrogen and oxygen atoms in total. The zero-order chi connectivity index (χ0) is 13.9. The van der Waals surface area contributed by atoms with Crippen molar-refractivity contribution in [3.8, 4) is 0 Å². The molecule has 4 N–H and O–H groups in total. The maximum absolute atomic E-state index is 5.46. The van der Waals surface area contributed by atoms with Crippen molar-refractivity contribution < 1.29 is 0 Å². The summed E-state index contributed by atoms with van der Waals surface area (Å²) in [6.45, 7) is 2.35. The smallest absolute Gasteiger partial charge is 0.239 e. The molecule has 1 fully saturated rings. The number of thiophene rings is 1. The van der Waals surface area contributed by atoms with Crippen molar-refractivity contribution in [2.45, 2.75) is 45.1 Å². The van der Waals surface area contributed by atoms with E-state index in [4.69, 9.17) is 5.84 Å². The third kappa shape index (κ3) is 2.86. The molecule has 0 aromatic carbocycles. The molecule has 20 heavy (non-hydrogen) atoms. The van der Waals surface area contributed by atoms with Crippen LogP contribution in [0.3, 0.4) is 0 Å². The SMILES string of the molecule is CC1CCCC(Nc2nc(NN)nc3ccsc23)CC1. The van der Waals surface area contributed by atoms with E-state index in [1.54, 1.807) is 11.3 Å². The normalized spacial score (nSPS) is 23.5. The fourth-order valence-electron chi connectivity index (χ4n) is 2.85. The zero-order valence-corrected chi connectivity index (χ0v) is 12.5. The van der Waals surface area contributed by atoms with Gasteiger partial charge in [-0.3, -0.25) is 5.43 Å². The molecule has 6 heteroatoms. The lowest BCUT2D eigenvalue weighted by Crippen LogP contribution is -2.20. The second kappa shape index (κ2) is 5.93. The van der Waals surface area contributed by atoms with E-state index in [0.29, 0.717) is 12.0 Å². The lowest BCUT2D eigenvalue weighted by molar-refractivity contribution is 0.502. The number of rotatable bonds is 3. The monoisotopic (exact) mass is 291 g/mol. The lowest BCUT2D eigenvalue weighted by atomic mass is 10.0. The zero-order valence-electron chi connectivity index (χ0n) is 11.7. The van der Waals surface area contributed by atoms with E-state index in [9.17, 15) is 0 Å². The van der Waals surface area contributed by atoms with E-state index in [2.05, 4.69) is 27.6 Å². The van der Waals surface area contributed by atoms with Gasteiger partial charge in [-0.2, -0.15) is 4.98 Å². The predicted molar refractivity (Wildman–Crippen MR) is 84.9 cm³/mol. The molecule has 2 unspecified atom stereocenters. The van der Waals surface area contributed by atoms with Crippen molar-refractivity contribution in [3.05, 3.63) is 11.4 Å². The Kier molecular flexibility index (Phi) is 4.03. The van der Waals surface area contributed by atoms with Crippen LogP contribution in [0.2, 0.25) is 0 Å². The van der Waals surface area contributed by atoms with Gasteiger partial charge in [0.2, 0.25) is 5.95 Å². The number of fused-ring (bicyclic) bond motifs is 1. The molecule has 1 aliphatic rings. The summed E-state index contributed by atoms with van der Waals surface area (Å²) in [6, 6.07) is 2.51. The molecule has 0 aliphatic heterocycles. The van der Waals surface area contributed by atoms with Crippen molar-refractivity contribution in [2.24, 2.45) is 11.8 Å². The first-order chi connectivity index (χ1) is 9.76. The van der Waals surface area contributed by atoms with Gasteiger partial charge in [-0.25, -0.2) is 10.8 Å². The van der Waals surface area contributed by atoms with Gasteiger partial charge in [-0.15, -0.1) is 11.3 Å². The number of anilines is 2. The standard InChI is InChI=1S/C14H21N5S/c1-9-3-2-4-10(6-5-9)16-13-12-11(7-8-20-12)17-14(18-13)19-15/h7-10H,2-6,15H2,1H3,(H2,16,17,18,19). The average molecular weight is 291 g/mol. The Hall–Kier alpha value is -1.40. The molecule has 0 spiro atoms. The maximum atomic E-state index is 5.46. The van der Waals surface area contributed by atoms with Gasteiger partial charge in [0.1, 0.15) is 5.82 Å². The van der Waals surface area contributed by atoms with Crippen molar-refractivity contribution in [2.75, 3.05) is 10.7 Å². The second-order valence-electron chi connectivity index (χ2n) is 5.63. The first-order valence-corrected chi connectivity index (χ1v) is 8.12. The van der Waals surface area contributed by atoms with E-state index < -0.39 is 0 Å². The second-order valence-corrected chi connectivity index (χ2v) is 6.55. The van der Waals surface area contributed by atoms with Crippen molar-refractivity contribution >= 4 is 33.3 Å². The third-order valence-corrected chi connectivity index (χ3v) is 4.94. The summed E-state index contributed by atoms with van der Waals surface area (Å²) >= 11 is 1.67. The molecule has 2 atom stereocenters. The van der Waals surface area contributed by atoms with Gasteiger partial charge in [0, 0.05) is 6.04 Å². The fourth-order valence-corrected chi connectivity index (χ4v) is 3.63. The number of nitrogens with two attached hydrogens (primary N) is 1. The van der Waals surface area contributed by atoms with Crippen molar-refractivity contribution in [1.82, 2.24) is 9.97 Å². The summed E-state index contributed by atoms with van der Waals surface area (Å²) in [5.41, 5.74) is 3.50. The highest BCUT2D eigenvalue weighted by Crippen LogP contribution is 2.30. The van der Waals surface area contributed by atoms with Crippen molar-refractivity contribution in [1.29, 1.82) is 0 Å². The van der Waals surface area contributed by atoms with Gasteiger partial charge in [-0.1, -0.05) is 19.8 Å². The quantitative estimate of drug-likeness (QED) is 0.459. The summed E-state index contributed by atoms with van der Waals surface area (Å²) in [7, 11) is 0. The molecule has 0 bridgehead atoms. The Morgan fingerprint density at radius 2 is 2.15 bits per heavy atom. The highest BCUT2D eigenvalue weighted by Gasteiger charge is 2.18. The number of hydrogen-bond donors (Lipinski definition) is 3. The molecule has 3 rings (SSSR count). The Bertz CT molecular complexity index is 582. The summed E-state index contributed by atoms with van der Waals surface area (Å²) in [6.07, 6.45) is 6.35. The van der Waals surface area contributed by atoms with Gasteiger partial charge in [0.25, 0.3) is 0 Å². The molecule has 2 aromatic rings. The summed E-state index contributed by atoms with van der Waals surface area (Å²) in [4.78, 5) is 8.85. The molecule has 2 aromatic heterocycles. The number of hydrazine groups is 1. The van der Waals surface area contributed by atoms with E-state index in [0.717, 1.165) is 22.0 Å². The van der Waals surface area contributed by atoms with Gasteiger partial charge < -0.3 is 5.32 Å². The lowest BCUT2D eigenvalue weighted by Gasteiger charge is -2.18. The van der Waals surface area contributed by atoms with Crippen LogP contribution in [-0.4, -0.2) is 16.0 Å². The molecule has 0 saturated heterocycles. The molecular formula is C14H21N5S. The number of nitrogens with one attached hydrogen (secondary N) is 2. The molecule has 1 aliphatic carbocycles. The molecular weight excluding hydrogens is 270 g/mol. The van der Waals surface area contributed by atoms with E-state index in [-0.39, 0.29) is 0 Å². The molecule has 0 amide bonds. The Morgan fingerprint density at radius 3 is 3.00 bits per heavy atom. The highest BCUT2D eigenvalue weighted by atomic mass is 32.1. The minimum Gasteiger partial charge on any atom is -0.366 e. The number of nitrogen functional groups attached to an aromatic ring is 1. The topological polar surface area (TPSA) is 75.9 Å². The average Bonchev–Trinajstić information content (AvgIpc) is 2.83. The van der Waals surface area contributed by atoms with Gasteiger partial charge in [-0.05, 0) is 36.6 Å². The molecule has 2 heterocycles. The van der Waals surface area contributed by atoms with Gasteiger partial charge >= 0.3 is 0 Å². The Labute approximate surface area is 123 Å². The van der Waals surface area contributed by atoms with E-state index in [1.807, 2.05) is 11.4 Å². The van der Waals surface area contributed by atoms with Crippen LogP contribution in [0.25, 0.3) is 10.2 Å². The Morgan fingerprint density at radius 1 is 1.25 bits per heavy atom. The number of aromatic nitrogens is 2. The van der Waals surface area contributed by atoms with Crippen LogP contribution in [0.5, 0.6) is 0 Å². The van der Waals surface area contributed by atoms with E-state index >= 15 is 0 Å². The minimum absolute atomic E-state index is 0.473. The van der Waals surface area contributed by atoms with Crippen LogP contribution in [0, 0.1) is 5.92 Å². The molecule has 108 valence electrons. The predicted octanol–water partition coefficient (Wildman–Crippen LogP) is 3.36. The summed E-state index contributed by atoms with van der Waals surface area (Å²) in [5.74, 6) is 7.69. The largest absolute Gasteiger partial charge is 0.366 e. The van der Waals surface area contributed by atoms with Gasteiger partial charge in [0.15, 0.2) is 0 Å². The maximum Gasteiger partial charge on any atom is 0.239 e. The number of nitrogens with zero attached hydrogens (tertiary/aromatic N) is 2. The van der Waals surface area contributed by atoms with Crippen LogP contribution in [-0.2, 0) is 0 Å². The summed E-state index contributed by atoms with van der Waals surface area (Å²) in [5, 5.41) is 5.65. The molecule has 0 radical (unpaired) electrons. The third-order valence-electron chi connectivity index (χ3n) is 4.03. The summed E-state index contributed by atoms with van der Waals surface area (Å²) < 4.78 is 1.11. The van der Waals surface area contributed by atoms with Crippen LogP contribution < -0.4 is 16.6 Å².